The normalized spacial score (nSPS) is 11.1. The summed E-state index contributed by atoms with van der Waals surface area (Å²) in [5.74, 6) is 2.12. The minimum absolute atomic E-state index is 0.0944. The van der Waals surface area contributed by atoms with Crippen LogP contribution >= 0.6 is 11.3 Å². The third-order valence-electron chi connectivity index (χ3n) is 4.76. The molecule has 1 amide bonds. The van der Waals surface area contributed by atoms with Crippen LogP contribution in [0.1, 0.15) is 31.0 Å². The van der Waals surface area contributed by atoms with Crippen molar-refractivity contribution in [3.63, 3.8) is 0 Å². The van der Waals surface area contributed by atoms with E-state index in [1.807, 2.05) is 55.5 Å². The van der Waals surface area contributed by atoms with E-state index in [-0.39, 0.29) is 12.5 Å². The van der Waals surface area contributed by atoms with E-state index >= 15 is 0 Å². The Morgan fingerprint density at radius 2 is 2.00 bits per heavy atom. The summed E-state index contributed by atoms with van der Waals surface area (Å²) >= 11 is 1.48. The standard InChI is InChI=1S/C23H24N4O3S/c1-14(2)16-6-5-7-18(11-16)30-13-22(28)25-21-10-15(3)26-27(21)23-24-19-9-8-17(29-4)12-20(19)31-23/h5-12,14H,13H2,1-4H3,(H,25,28). The molecule has 2 aromatic carbocycles. The molecule has 2 heterocycles. The molecule has 7 nitrogen and oxygen atoms in total. The van der Waals surface area contributed by atoms with Crippen LogP contribution < -0.4 is 14.8 Å². The fourth-order valence-corrected chi connectivity index (χ4v) is 4.10. The second-order valence-electron chi connectivity index (χ2n) is 7.48. The molecular weight excluding hydrogens is 412 g/mol. The Morgan fingerprint density at radius 1 is 1.16 bits per heavy atom. The maximum Gasteiger partial charge on any atom is 0.263 e. The summed E-state index contributed by atoms with van der Waals surface area (Å²) in [6.45, 7) is 6.01. The summed E-state index contributed by atoms with van der Waals surface area (Å²) in [5.41, 5.74) is 2.79. The molecule has 0 spiro atoms. The molecule has 2 aromatic heterocycles. The van der Waals surface area contributed by atoms with Crippen LogP contribution in [0.15, 0.2) is 48.5 Å². The van der Waals surface area contributed by atoms with Crippen molar-refractivity contribution in [3.05, 3.63) is 59.8 Å². The van der Waals surface area contributed by atoms with E-state index in [9.17, 15) is 4.79 Å². The first-order valence-corrected chi connectivity index (χ1v) is 10.8. The van der Waals surface area contributed by atoms with Gasteiger partial charge in [0.05, 0.1) is 23.0 Å². The minimum atomic E-state index is -0.265. The Morgan fingerprint density at radius 3 is 2.77 bits per heavy atom. The highest BCUT2D eigenvalue weighted by molar-refractivity contribution is 7.20. The number of anilines is 1. The quantitative estimate of drug-likeness (QED) is 0.444. The van der Waals surface area contributed by atoms with Gasteiger partial charge < -0.3 is 14.8 Å². The highest BCUT2D eigenvalue weighted by Gasteiger charge is 2.15. The van der Waals surface area contributed by atoms with E-state index in [1.54, 1.807) is 11.8 Å². The zero-order valence-corrected chi connectivity index (χ0v) is 18.7. The molecule has 0 unspecified atom stereocenters. The number of ether oxygens (including phenoxy) is 2. The highest BCUT2D eigenvalue weighted by Crippen LogP contribution is 2.30. The number of aromatic nitrogens is 3. The molecule has 31 heavy (non-hydrogen) atoms. The van der Waals surface area contributed by atoms with Gasteiger partial charge in [0.1, 0.15) is 17.3 Å². The van der Waals surface area contributed by atoms with Crippen LogP contribution in [-0.2, 0) is 4.79 Å². The molecule has 4 aromatic rings. The van der Waals surface area contributed by atoms with Crippen LogP contribution in [0.4, 0.5) is 5.82 Å². The lowest BCUT2D eigenvalue weighted by Crippen LogP contribution is -2.21. The largest absolute Gasteiger partial charge is 0.497 e. The molecule has 0 fully saturated rings. The summed E-state index contributed by atoms with van der Waals surface area (Å²) in [6.07, 6.45) is 0. The monoisotopic (exact) mass is 436 g/mol. The van der Waals surface area contributed by atoms with Gasteiger partial charge in [-0.05, 0) is 48.7 Å². The lowest BCUT2D eigenvalue weighted by Gasteiger charge is -2.10. The van der Waals surface area contributed by atoms with Crippen molar-refractivity contribution >= 4 is 33.3 Å². The molecule has 0 saturated carbocycles. The third kappa shape index (κ3) is 4.69. The average molecular weight is 437 g/mol. The van der Waals surface area contributed by atoms with Crippen LogP contribution in [0.2, 0.25) is 0 Å². The number of hydrogen-bond donors (Lipinski definition) is 1. The number of methoxy groups -OCH3 is 1. The van der Waals surface area contributed by atoms with Gasteiger partial charge in [-0.2, -0.15) is 9.78 Å². The molecule has 160 valence electrons. The van der Waals surface area contributed by atoms with Crippen molar-refractivity contribution in [2.24, 2.45) is 0 Å². The number of thiazole rings is 1. The van der Waals surface area contributed by atoms with Crippen LogP contribution in [-0.4, -0.2) is 34.4 Å². The van der Waals surface area contributed by atoms with Gasteiger partial charge in [0.2, 0.25) is 5.13 Å². The zero-order chi connectivity index (χ0) is 22.0. The molecule has 0 bridgehead atoms. The molecule has 0 aliphatic carbocycles. The first kappa shape index (κ1) is 20.9. The van der Waals surface area contributed by atoms with Gasteiger partial charge in [-0.1, -0.05) is 37.3 Å². The first-order valence-electron chi connectivity index (χ1n) is 9.97. The van der Waals surface area contributed by atoms with Gasteiger partial charge in [0.15, 0.2) is 6.61 Å². The Balaban J connectivity index is 1.50. The number of fused-ring (bicyclic) bond motifs is 1. The predicted molar refractivity (Wildman–Crippen MR) is 123 cm³/mol. The molecule has 0 radical (unpaired) electrons. The number of nitrogens with zero attached hydrogens (tertiary/aromatic N) is 3. The van der Waals surface area contributed by atoms with Gasteiger partial charge in [0.25, 0.3) is 5.91 Å². The number of carbonyl (C=O) groups excluding carboxylic acids is 1. The Kier molecular flexibility index (Phi) is 5.90. The van der Waals surface area contributed by atoms with Crippen LogP contribution in [0.25, 0.3) is 15.3 Å². The topological polar surface area (TPSA) is 78.3 Å². The van der Waals surface area contributed by atoms with E-state index in [4.69, 9.17) is 9.47 Å². The lowest BCUT2D eigenvalue weighted by atomic mass is 10.0. The molecular formula is C23H24N4O3S. The van der Waals surface area contributed by atoms with Gasteiger partial charge >= 0.3 is 0 Å². The summed E-state index contributed by atoms with van der Waals surface area (Å²) in [5, 5.41) is 8.05. The zero-order valence-electron chi connectivity index (χ0n) is 17.9. The smallest absolute Gasteiger partial charge is 0.263 e. The Bertz CT molecular complexity index is 1230. The van der Waals surface area contributed by atoms with Crippen molar-refractivity contribution in [1.29, 1.82) is 0 Å². The van der Waals surface area contributed by atoms with E-state index < -0.39 is 0 Å². The Labute approximate surface area is 184 Å². The van der Waals surface area contributed by atoms with Gasteiger partial charge in [-0.25, -0.2) is 4.98 Å². The Hall–Kier alpha value is -3.39. The summed E-state index contributed by atoms with van der Waals surface area (Å²) in [4.78, 5) is 17.2. The van der Waals surface area contributed by atoms with Crippen LogP contribution in [0, 0.1) is 6.92 Å². The van der Waals surface area contributed by atoms with E-state index in [2.05, 4.69) is 29.2 Å². The maximum absolute atomic E-state index is 12.5. The number of carbonyl (C=O) groups is 1. The fourth-order valence-electron chi connectivity index (χ4n) is 3.14. The maximum atomic E-state index is 12.5. The van der Waals surface area contributed by atoms with Crippen molar-refractivity contribution in [2.75, 3.05) is 19.0 Å². The van der Waals surface area contributed by atoms with Gasteiger partial charge in [-0.15, -0.1) is 0 Å². The summed E-state index contributed by atoms with van der Waals surface area (Å²) < 4.78 is 13.6. The van der Waals surface area contributed by atoms with Crippen molar-refractivity contribution < 1.29 is 14.3 Å². The molecule has 0 saturated heterocycles. The van der Waals surface area contributed by atoms with Crippen LogP contribution in [0.3, 0.4) is 0 Å². The second kappa shape index (κ2) is 8.77. The van der Waals surface area contributed by atoms with E-state index in [0.29, 0.717) is 22.6 Å². The second-order valence-corrected chi connectivity index (χ2v) is 8.49. The molecule has 1 N–H and O–H groups in total. The number of amides is 1. The van der Waals surface area contributed by atoms with Gasteiger partial charge in [0, 0.05) is 6.07 Å². The highest BCUT2D eigenvalue weighted by atomic mass is 32.1. The van der Waals surface area contributed by atoms with Crippen molar-refractivity contribution in [3.8, 4) is 16.6 Å². The molecule has 8 heteroatoms. The first-order chi connectivity index (χ1) is 14.9. The number of nitrogens with one attached hydrogen (secondary N) is 1. The predicted octanol–water partition coefficient (Wildman–Crippen LogP) is 4.94. The van der Waals surface area contributed by atoms with Gasteiger partial charge in [-0.3, -0.25) is 4.79 Å². The van der Waals surface area contributed by atoms with E-state index in [0.717, 1.165) is 21.7 Å². The molecule has 4 rings (SSSR count). The molecule has 0 aliphatic heterocycles. The number of hydrogen-bond acceptors (Lipinski definition) is 6. The molecule has 0 aliphatic rings. The third-order valence-corrected chi connectivity index (χ3v) is 5.75. The summed E-state index contributed by atoms with van der Waals surface area (Å²) in [7, 11) is 1.63. The van der Waals surface area contributed by atoms with E-state index in [1.165, 1.54) is 16.9 Å². The van der Waals surface area contributed by atoms with Crippen molar-refractivity contribution in [2.45, 2.75) is 26.7 Å². The van der Waals surface area contributed by atoms with Crippen LogP contribution in [0.5, 0.6) is 11.5 Å². The average Bonchev–Trinajstić information content (AvgIpc) is 3.34. The SMILES string of the molecule is COc1ccc2nc(-n3nc(C)cc3NC(=O)COc3cccc(C(C)C)c3)sc2c1. The minimum Gasteiger partial charge on any atom is -0.497 e. The molecule has 0 atom stereocenters. The summed E-state index contributed by atoms with van der Waals surface area (Å²) in [6, 6.07) is 15.3. The lowest BCUT2D eigenvalue weighted by molar-refractivity contribution is -0.118. The van der Waals surface area contributed by atoms with Crippen molar-refractivity contribution in [1.82, 2.24) is 14.8 Å². The number of rotatable bonds is 7. The number of aryl methyl sites for hydroxylation is 1. The number of benzene rings is 2. The fraction of sp³-hybridized carbons (Fsp3) is 0.261.